The molecule has 0 saturated carbocycles. The highest BCUT2D eigenvalue weighted by molar-refractivity contribution is 7.91. The van der Waals surface area contributed by atoms with Gasteiger partial charge in [0.2, 0.25) is 10.0 Å². The number of carbonyl (C=O) groups excluding carboxylic acids is 1. The zero-order valence-corrected chi connectivity index (χ0v) is 14.9. The van der Waals surface area contributed by atoms with Gasteiger partial charge in [-0.25, -0.2) is 21.1 Å². The van der Waals surface area contributed by atoms with Gasteiger partial charge in [-0.1, -0.05) is 0 Å². The summed E-state index contributed by atoms with van der Waals surface area (Å²) in [6.45, 7) is 0.559. The molecule has 0 N–H and O–H groups in total. The second kappa shape index (κ2) is 6.21. The molecule has 0 unspecified atom stereocenters. The van der Waals surface area contributed by atoms with Crippen molar-refractivity contribution in [3.63, 3.8) is 0 Å². The van der Waals surface area contributed by atoms with Gasteiger partial charge in [0.1, 0.15) is 0 Å². The van der Waals surface area contributed by atoms with Crippen LogP contribution in [0.4, 0.5) is 0 Å². The number of hydrogen-bond acceptors (Lipinski definition) is 5. The summed E-state index contributed by atoms with van der Waals surface area (Å²) in [5, 5.41) is -0.528. The Morgan fingerprint density at radius 1 is 1.13 bits per heavy atom. The number of likely N-dealkylation sites (tertiary alicyclic amines) is 1. The summed E-state index contributed by atoms with van der Waals surface area (Å²) >= 11 is 0. The second-order valence-electron chi connectivity index (χ2n) is 5.80. The van der Waals surface area contributed by atoms with Gasteiger partial charge in [0, 0.05) is 39.0 Å². The topological polar surface area (TPSA) is 91.8 Å². The molecule has 0 aromatic heterocycles. The highest BCUT2D eigenvalue weighted by Gasteiger charge is 2.33. The maximum atomic E-state index is 12.4. The number of sulfone groups is 1. The summed E-state index contributed by atoms with van der Waals surface area (Å²) in [7, 11) is -3.83. The first-order valence-electron chi connectivity index (χ1n) is 7.04. The Morgan fingerprint density at radius 2 is 1.70 bits per heavy atom. The Bertz CT molecular complexity index is 798. The molecule has 1 heterocycles. The smallest absolute Gasteiger partial charge is 0.253 e. The summed E-state index contributed by atoms with van der Waals surface area (Å²) in [5.41, 5.74) is 0.344. The van der Waals surface area contributed by atoms with Crippen molar-refractivity contribution in [1.82, 2.24) is 9.21 Å². The minimum atomic E-state index is -3.54. The third-order valence-corrected chi connectivity index (χ3v) is 7.34. The number of sulfonamides is 1. The van der Waals surface area contributed by atoms with Crippen LogP contribution in [0.3, 0.4) is 0 Å². The molecule has 2 rings (SSSR count). The standard InChI is InChI=1S/C14H20N2O5S2/c1-15(2)23(20,21)12-6-4-11(5-7-12)14(17)16-9-8-13(10-16)22(3,18)19/h4-7,13H,8-10H2,1-3H3/t13-/m0/s1. The van der Waals surface area contributed by atoms with Gasteiger partial charge in [-0.2, -0.15) is 0 Å². The van der Waals surface area contributed by atoms with E-state index < -0.39 is 25.1 Å². The first-order valence-corrected chi connectivity index (χ1v) is 10.4. The predicted molar refractivity (Wildman–Crippen MR) is 86.5 cm³/mol. The maximum Gasteiger partial charge on any atom is 0.253 e. The van der Waals surface area contributed by atoms with Crippen molar-refractivity contribution in [1.29, 1.82) is 0 Å². The number of amides is 1. The van der Waals surface area contributed by atoms with Crippen molar-refractivity contribution in [2.24, 2.45) is 0 Å². The number of hydrogen-bond donors (Lipinski definition) is 0. The molecule has 1 amide bonds. The summed E-state index contributed by atoms with van der Waals surface area (Å²) in [6, 6.07) is 5.67. The van der Waals surface area contributed by atoms with Crippen molar-refractivity contribution in [2.45, 2.75) is 16.6 Å². The van der Waals surface area contributed by atoms with E-state index >= 15 is 0 Å². The zero-order chi connectivity index (χ0) is 17.4. The SMILES string of the molecule is CN(C)S(=O)(=O)c1ccc(C(=O)N2CC[C@H](S(C)(=O)=O)C2)cc1. The van der Waals surface area contributed by atoms with Crippen molar-refractivity contribution in [2.75, 3.05) is 33.4 Å². The molecule has 1 aromatic carbocycles. The fourth-order valence-corrected chi connectivity index (χ4v) is 4.31. The van der Waals surface area contributed by atoms with Crippen LogP contribution in [0.25, 0.3) is 0 Å². The summed E-state index contributed by atoms with van der Waals surface area (Å²) in [5.74, 6) is -0.287. The van der Waals surface area contributed by atoms with E-state index in [1.54, 1.807) is 0 Å². The van der Waals surface area contributed by atoms with E-state index in [0.717, 1.165) is 4.31 Å². The lowest BCUT2D eigenvalue weighted by Crippen LogP contribution is -2.31. The molecule has 1 atom stereocenters. The van der Waals surface area contributed by atoms with Gasteiger partial charge >= 0.3 is 0 Å². The number of carbonyl (C=O) groups is 1. The van der Waals surface area contributed by atoms with Crippen LogP contribution in [-0.2, 0) is 19.9 Å². The molecule has 1 aromatic rings. The quantitative estimate of drug-likeness (QED) is 0.765. The Labute approximate surface area is 136 Å². The average Bonchev–Trinajstić information content (AvgIpc) is 2.96. The van der Waals surface area contributed by atoms with E-state index in [9.17, 15) is 21.6 Å². The molecule has 9 heteroatoms. The lowest BCUT2D eigenvalue weighted by Gasteiger charge is -2.17. The Morgan fingerprint density at radius 3 is 2.13 bits per heavy atom. The van der Waals surface area contributed by atoms with E-state index in [1.807, 2.05) is 0 Å². The predicted octanol–water partition coefficient (Wildman–Crippen LogP) is 0.196. The third-order valence-electron chi connectivity index (χ3n) is 3.92. The van der Waals surface area contributed by atoms with E-state index in [1.165, 1.54) is 49.5 Å². The molecule has 0 aliphatic carbocycles. The normalized spacial score (nSPS) is 19.3. The second-order valence-corrected chi connectivity index (χ2v) is 10.3. The van der Waals surface area contributed by atoms with Gasteiger partial charge < -0.3 is 4.90 Å². The molecule has 1 fully saturated rings. The van der Waals surface area contributed by atoms with Gasteiger partial charge in [-0.3, -0.25) is 4.79 Å². The third kappa shape index (κ3) is 3.73. The molecular formula is C14H20N2O5S2. The minimum absolute atomic E-state index is 0.106. The van der Waals surface area contributed by atoms with Crippen LogP contribution >= 0.6 is 0 Å². The monoisotopic (exact) mass is 360 g/mol. The van der Waals surface area contributed by atoms with Crippen molar-refractivity contribution < 1.29 is 21.6 Å². The molecule has 0 bridgehead atoms. The number of nitrogens with zero attached hydrogens (tertiary/aromatic N) is 2. The van der Waals surface area contributed by atoms with Crippen LogP contribution in [0, 0.1) is 0 Å². The van der Waals surface area contributed by atoms with Crippen LogP contribution < -0.4 is 0 Å². The first-order chi connectivity index (χ1) is 10.5. The summed E-state index contributed by atoms with van der Waals surface area (Å²) in [4.78, 5) is 14.0. The van der Waals surface area contributed by atoms with Gasteiger partial charge in [-0.05, 0) is 30.7 Å². The average molecular weight is 360 g/mol. The molecule has 1 aliphatic heterocycles. The Hall–Kier alpha value is -1.45. The summed E-state index contributed by atoms with van der Waals surface area (Å²) < 4.78 is 48.2. The molecule has 128 valence electrons. The highest BCUT2D eigenvalue weighted by atomic mass is 32.2. The Kier molecular flexibility index (Phi) is 4.84. The van der Waals surface area contributed by atoms with Crippen molar-refractivity contribution in [3.05, 3.63) is 29.8 Å². The largest absolute Gasteiger partial charge is 0.337 e. The van der Waals surface area contributed by atoms with Gasteiger partial charge in [-0.15, -0.1) is 0 Å². The fraction of sp³-hybridized carbons (Fsp3) is 0.500. The van der Waals surface area contributed by atoms with Crippen LogP contribution in [0.2, 0.25) is 0 Å². The highest BCUT2D eigenvalue weighted by Crippen LogP contribution is 2.20. The summed E-state index contributed by atoms with van der Waals surface area (Å²) in [6.07, 6.45) is 1.60. The van der Waals surface area contributed by atoms with Crippen molar-refractivity contribution in [3.8, 4) is 0 Å². The first kappa shape index (κ1) is 17.9. The van der Waals surface area contributed by atoms with E-state index in [4.69, 9.17) is 0 Å². The molecule has 7 nitrogen and oxygen atoms in total. The van der Waals surface area contributed by atoms with Crippen molar-refractivity contribution >= 4 is 25.8 Å². The number of rotatable bonds is 4. The van der Waals surface area contributed by atoms with Crippen LogP contribution in [0.1, 0.15) is 16.8 Å². The van der Waals surface area contributed by atoms with E-state index in [-0.39, 0.29) is 17.3 Å². The maximum absolute atomic E-state index is 12.4. The molecule has 1 saturated heterocycles. The van der Waals surface area contributed by atoms with Crippen LogP contribution in [0.15, 0.2) is 29.2 Å². The molecule has 0 radical (unpaired) electrons. The minimum Gasteiger partial charge on any atom is -0.337 e. The van der Waals surface area contributed by atoms with E-state index in [0.29, 0.717) is 18.5 Å². The number of benzene rings is 1. The molecule has 0 spiro atoms. The van der Waals surface area contributed by atoms with Crippen LogP contribution in [-0.4, -0.2) is 70.6 Å². The lowest BCUT2D eigenvalue weighted by molar-refractivity contribution is 0.0793. The van der Waals surface area contributed by atoms with Gasteiger partial charge in [0.15, 0.2) is 9.84 Å². The van der Waals surface area contributed by atoms with Crippen LogP contribution in [0.5, 0.6) is 0 Å². The molecule has 1 aliphatic rings. The fourth-order valence-electron chi connectivity index (χ4n) is 2.43. The molecular weight excluding hydrogens is 340 g/mol. The zero-order valence-electron chi connectivity index (χ0n) is 13.3. The van der Waals surface area contributed by atoms with Gasteiger partial charge in [0.25, 0.3) is 5.91 Å². The lowest BCUT2D eigenvalue weighted by atomic mass is 10.2. The Balaban J connectivity index is 2.16. The van der Waals surface area contributed by atoms with E-state index in [2.05, 4.69) is 0 Å². The molecule has 23 heavy (non-hydrogen) atoms. The van der Waals surface area contributed by atoms with Gasteiger partial charge in [0.05, 0.1) is 10.1 Å².